The Morgan fingerprint density at radius 1 is 1.37 bits per heavy atom. The van der Waals surface area contributed by atoms with Crippen molar-refractivity contribution in [2.24, 2.45) is 5.73 Å². The number of carbonyl (C=O) groups is 1. The first-order chi connectivity index (χ1) is 9.22. The van der Waals surface area contributed by atoms with Gasteiger partial charge in [0.2, 0.25) is 0 Å². The first kappa shape index (κ1) is 13.2. The van der Waals surface area contributed by atoms with E-state index >= 15 is 0 Å². The Morgan fingerprint density at radius 2 is 2.21 bits per heavy atom. The van der Waals surface area contributed by atoms with Gasteiger partial charge in [0.25, 0.3) is 5.91 Å². The predicted octanol–water partition coefficient (Wildman–Crippen LogP) is 1.89. The van der Waals surface area contributed by atoms with Crippen LogP contribution < -0.4 is 15.4 Å². The molecule has 0 unspecified atom stereocenters. The van der Waals surface area contributed by atoms with Gasteiger partial charge in [-0.1, -0.05) is 6.07 Å². The Bertz CT molecular complexity index is 537. The number of rotatable bonds is 5. The predicted molar refractivity (Wildman–Crippen MR) is 72.4 cm³/mol. The largest absolute Gasteiger partial charge is 0.492 e. The van der Waals surface area contributed by atoms with Crippen molar-refractivity contribution in [3.8, 4) is 5.75 Å². The molecule has 0 aliphatic rings. The molecule has 19 heavy (non-hydrogen) atoms. The zero-order chi connectivity index (χ0) is 13.7. The lowest BCUT2D eigenvalue weighted by molar-refractivity contribution is 0.0966. The summed E-state index contributed by atoms with van der Waals surface area (Å²) in [6, 6.07) is 10.6. The molecule has 0 spiro atoms. The van der Waals surface area contributed by atoms with Crippen LogP contribution >= 0.6 is 0 Å². The van der Waals surface area contributed by atoms with Gasteiger partial charge >= 0.3 is 0 Å². The lowest BCUT2D eigenvalue weighted by Crippen LogP contribution is -2.25. The lowest BCUT2D eigenvalue weighted by Gasteiger charge is -2.17. The quantitative estimate of drug-likeness (QED) is 0.891. The van der Waals surface area contributed by atoms with E-state index in [0.717, 1.165) is 5.69 Å². The first-order valence-electron chi connectivity index (χ1n) is 5.97. The van der Waals surface area contributed by atoms with Crippen LogP contribution in [0.2, 0.25) is 0 Å². The summed E-state index contributed by atoms with van der Waals surface area (Å²) in [5.74, 6) is 0.777. The molecule has 0 atom stereocenters. The fourth-order valence-corrected chi connectivity index (χ4v) is 1.64. The Balaban J connectivity index is 2.14. The molecule has 1 aromatic heterocycles. The number of furan rings is 1. The molecule has 0 bridgehead atoms. The number of nitrogens with zero attached hydrogens (tertiary/aromatic N) is 1. The highest BCUT2D eigenvalue weighted by Crippen LogP contribution is 2.21. The number of anilines is 1. The van der Waals surface area contributed by atoms with Gasteiger partial charge in [-0.05, 0) is 24.3 Å². The van der Waals surface area contributed by atoms with Crippen molar-refractivity contribution < 1.29 is 13.9 Å². The van der Waals surface area contributed by atoms with E-state index in [4.69, 9.17) is 14.9 Å². The van der Waals surface area contributed by atoms with Gasteiger partial charge in [-0.15, -0.1) is 0 Å². The number of hydrogen-bond acceptors (Lipinski definition) is 4. The SMILES string of the molecule is CN(C(=O)c1ccco1)c1cccc(OCCN)c1. The zero-order valence-corrected chi connectivity index (χ0v) is 10.7. The summed E-state index contributed by atoms with van der Waals surface area (Å²) < 4.78 is 10.5. The Kier molecular flexibility index (Phi) is 4.20. The van der Waals surface area contributed by atoms with Gasteiger partial charge < -0.3 is 19.8 Å². The summed E-state index contributed by atoms with van der Waals surface area (Å²) >= 11 is 0. The molecule has 100 valence electrons. The molecule has 0 saturated heterocycles. The topological polar surface area (TPSA) is 68.7 Å². The summed E-state index contributed by atoms with van der Waals surface area (Å²) in [5, 5.41) is 0. The first-order valence-corrected chi connectivity index (χ1v) is 5.97. The maximum atomic E-state index is 12.1. The van der Waals surface area contributed by atoms with Crippen molar-refractivity contribution in [3.63, 3.8) is 0 Å². The zero-order valence-electron chi connectivity index (χ0n) is 10.7. The van der Waals surface area contributed by atoms with Crippen LogP contribution in [0.15, 0.2) is 47.1 Å². The summed E-state index contributed by atoms with van der Waals surface area (Å²) in [7, 11) is 1.69. The summed E-state index contributed by atoms with van der Waals surface area (Å²) in [6.07, 6.45) is 1.47. The molecule has 0 aliphatic carbocycles. The minimum atomic E-state index is -0.207. The monoisotopic (exact) mass is 260 g/mol. The van der Waals surface area contributed by atoms with Gasteiger partial charge in [-0.3, -0.25) is 4.79 Å². The van der Waals surface area contributed by atoms with Crippen LogP contribution in [-0.4, -0.2) is 26.1 Å². The van der Waals surface area contributed by atoms with Crippen molar-refractivity contribution in [1.29, 1.82) is 0 Å². The van der Waals surface area contributed by atoms with E-state index in [0.29, 0.717) is 24.7 Å². The molecular weight excluding hydrogens is 244 g/mol. The van der Waals surface area contributed by atoms with Crippen molar-refractivity contribution in [1.82, 2.24) is 0 Å². The van der Waals surface area contributed by atoms with Gasteiger partial charge in [0.1, 0.15) is 12.4 Å². The minimum absolute atomic E-state index is 0.207. The number of amides is 1. The van der Waals surface area contributed by atoms with Crippen molar-refractivity contribution in [3.05, 3.63) is 48.4 Å². The van der Waals surface area contributed by atoms with E-state index in [1.165, 1.54) is 11.2 Å². The fourth-order valence-electron chi connectivity index (χ4n) is 1.64. The molecule has 0 saturated carbocycles. The van der Waals surface area contributed by atoms with Crippen molar-refractivity contribution >= 4 is 11.6 Å². The molecule has 2 aromatic rings. The van der Waals surface area contributed by atoms with E-state index in [1.807, 2.05) is 18.2 Å². The lowest BCUT2D eigenvalue weighted by atomic mass is 10.2. The van der Waals surface area contributed by atoms with Gasteiger partial charge in [0, 0.05) is 25.3 Å². The van der Waals surface area contributed by atoms with Crippen LogP contribution in [0.4, 0.5) is 5.69 Å². The summed E-state index contributed by atoms with van der Waals surface area (Å²) in [6.45, 7) is 0.894. The van der Waals surface area contributed by atoms with Crippen LogP contribution in [0.1, 0.15) is 10.6 Å². The second-order valence-corrected chi connectivity index (χ2v) is 3.98. The molecule has 0 radical (unpaired) electrons. The van der Waals surface area contributed by atoms with Gasteiger partial charge in [-0.2, -0.15) is 0 Å². The molecule has 1 heterocycles. The molecule has 0 aliphatic heterocycles. The molecule has 5 nitrogen and oxygen atoms in total. The van der Waals surface area contributed by atoms with E-state index in [2.05, 4.69) is 0 Å². The minimum Gasteiger partial charge on any atom is -0.492 e. The Hall–Kier alpha value is -2.27. The van der Waals surface area contributed by atoms with Gasteiger partial charge in [0.15, 0.2) is 5.76 Å². The van der Waals surface area contributed by atoms with Gasteiger partial charge in [-0.25, -0.2) is 0 Å². The molecule has 5 heteroatoms. The summed E-state index contributed by atoms with van der Waals surface area (Å²) in [5.41, 5.74) is 6.12. The molecule has 2 rings (SSSR count). The number of ether oxygens (including phenoxy) is 1. The number of nitrogens with two attached hydrogens (primary N) is 1. The van der Waals surface area contributed by atoms with Gasteiger partial charge in [0.05, 0.1) is 6.26 Å². The highest BCUT2D eigenvalue weighted by Gasteiger charge is 2.16. The maximum Gasteiger partial charge on any atom is 0.293 e. The number of carbonyl (C=O) groups excluding carboxylic acids is 1. The highest BCUT2D eigenvalue weighted by atomic mass is 16.5. The molecule has 2 N–H and O–H groups in total. The maximum absolute atomic E-state index is 12.1. The average molecular weight is 260 g/mol. The van der Waals surface area contributed by atoms with Crippen LogP contribution in [0.25, 0.3) is 0 Å². The van der Waals surface area contributed by atoms with Crippen LogP contribution in [0, 0.1) is 0 Å². The van der Waals surface area contributed by atoms with Crippen LogP contribution in [0.5, 0.6) is 5.75 Å². The molecular formula is C14H16N2O3. The number of hydrogen-bond donors (Lipinski definition) is 1. The van der Waals surface area contributed by atoms with E-state index in [-0.39, 0.29) is 5.91 Å². The normalized spacial score (nSPS) is 10.2. The van der Waals surface area contributed by atoms with E-state index < -0.39 is 0 Å². The highest BCUT2D eigenvalue weighted by molar-refractivity contribution is 6.03. The Morgan fingerprint density at radius 3 is 2.89 bits per heavy atom. The summed E-state index contributed by atoms with van der Waals surface area (Å²) in [4.78, 5) is 13.6. The van der Waals surface area contributed by atoms with Crippen LogP contribution in [-0.2, 0) is 0 Å². The van der Waals surface area contributed by atoms with Crippen molar-refractivity contribution in [2.45, 2.75) is 0 Å². The molecule has 1 amide bonds. The van der Waals surface area contributed by atoms with E-state index in [9.17, 15) is 4.79 Å². The third-order valence-corrected chi connectivity index (χ3v) is 2.63. The second kappa shape index (κ2) is 6.06. The van der Waals surface area contributed by atoms with Crippen molar-refractivity contribution in [2.75, 3.05) is 25.1 Å². The van der Waals surface area contributed by atoms with E-state index in [1.54, 1.807) is 25.2 Å². The second-order valence-electron chi connectivity index (χ2n) is 3.98. The Labute approximate surface area is 111 Å². The smallest absolute Gasteiger partial charge is 0.293 e. The fraction of sp³-hybridized carbons (Fsp3) is 0.214. The number of benzene rings is 1. The van der Waals surface area contributed by atoms with Crippen LogP contribution in [0.3, 0.4) is 0 Å². The molecule has 0 fully saturated rings. The third-order valence-electron chi connectivity index (χ3n) is 2.63. The molecule has 1 aromatic carbocycles. The third kappa shape index (κ3) is 3.14. The average Bonchev–Trinajstić information content (AvgIpc) is 2.98. The standard InChI is InChI=1S/C14H16N2O3/c1-16(14(17)13-6-3-8-19-13)11-4-2-5-12(10-11)18-9-7-15/h2-6,8,10H,7,9,15H2,1H3.